The molecule has 0 unspecified atom stereocenters. The van der Waals surface area contributed by atoms with Crippen LogP contribution in [0.5, 0.6) is 0 Å². The Labute approximate surface area is 72.2 Å². The van der Waals surface area contributed by atoms with Crippen molar-refractivity contribution in [1.82, 2.24) is 0 Å². The van der Waals surface area contributed by atoms with Crippen molar-refractivity contribution in [3.8, 4) is 0 Å². The summed E-state index contributed by atoms with van der Waals surface area (Å²) in [4.78, 5) is 23.7. The van der Waals surface area contributed by atoms with Crippen LogP contribution in [-0.4, -0.2) is 55.1 Å². The molecular weight excluding hydrogens is 162 g/mol. The van der Waals surface area contributed by atoms with E-state index >= 15 is 0 Å². The van der Waals surface area contributed by atoms with Gasteiger partial charge in [0.2, 0.25) is 0 Å². The Morgan fingerprint density at radius 3 is 1.12 bits per heavy atom. The summed E-state index contributed by atoms with van der Waals surface area (Å²) in [5, 5.41) is 0. The molecule has 0 amide bonds. The van der Waals surface area contributed by atoms with Crippen molar-refractivity contribution in [3.63, 3.8) is 0 Å². The Bertz CT molecular complexity index is 76.2. The molecule has 1 rings (SSSR count). The molecular formula is H8AlMgO5P. The molecule has 0 atom stereocenters. The van der Waals surface area contributed by atoms with Gasteiger partial charge in [-0.3, -0.25) is 0 Å². The summed E-state index contributed by atoms with van der Waals surface area (Å²) in [6, 6.07) is 0. The summed E-state index contributed by atoms with van der Waals surface area (Å²) in [5.74, 6) is 0. The topological polar surface area (TPSA) is 85.8 Å². The van der Waals surface area contributed by atoms with E-state index in [2.05, 4.69) is 9.35 Å². The smallest absolute Gasteiger partial charge is 0.187 e. The maximum absolute atomic E-state index is 7.89. The van der Waals surface area contributed by atoms with Crippen molar-refractivity contribution in [2.45, 2.75) is 0 Å². The van der Waals surface area contributed by atoms with Gasteiger partial charge in [-0.25, -0.2) is 0 Å². The van der Waals surface area contributed by atoms with E-state index in [0.29, 0.717) is 0 Å². The van der Waals surface area contributed by atoms with Crippen LogP contribution in [-0.2, 0) is 9.35 Å². The van der Waals surface area contributed by atoms with E-state index in [1.165, 1.54) is 0 Å². The predicted octanol–water partition coefficient (Wildman–Crippen LogP) is -3.05. The Morgan fingerprint density at radius 2 is 1.12 bits per heavy atom. The minimum absolute atomic E-state index is 0. The van der Waals surface area contributed by atoms with Crippen molar-refractivity contribution >= 4 is 48.2 Å². The molecule has 1 fully saturated rings. The van der Waals surface area contributed by atoms with Crippen LogP contribution < -0.4 is 0 Å². The van der Waals surface area contributed by atoms with Gasteiger partial charge in [0.05, 0.1) is 0 Å². The van der Waals surface area contributed by atoms with Crippen LogP contribution in [0.25, 0.3) is 0 Å². The average Bonchev–Trinajstić information content (AvgIpc) is 1.73. The van der Waals surface area contributed by atoms with E-state index in [1.807, 2.05) is 0 Å². The minimum atomic E-state index is -4.80. The van der Waals surface area contributed by atoms with Gasteiger partial charge in [-0.1, -0.05) is 0 Å². The van der Waals surface area contributed by atoms with Crippen molar-refractivity contribution < 1.29 is 24.0 Å². The molecule has 0 aromatic heterocycles. The van der Waals surface area contributed by atoms with Crippen molar-refractivity contribution in [3.05, 3.63) is 0 Å². The maximum Gasteiger partial charge on any atom is 0.316 e. The molecule has 0 saturated carbocycles. The quantitative estimate of drug-likeness (QED) is 0.156. The van der Waals surface area contributed by atoms with Crippen LogP contribution in [0.3, 0.4) is 0 Å². The van der Waals surface area contributed by atoms with Crippen molar-refractivity contribution in [2.24, 2.45) is 0 Å². The summed E-state index contributed by atoms with van der Waals surface area (Å²) in [5.41, 5.74) is 0. The molecule has 8 heteroatoms. The van der Waals surface area contributed by atoms with Crippen LogP contribution in [0.1, 0.15) is 0 Å². The first-order valence-electron chi connectivity index (χ1n) is 1.13. The maximum atomic E-state index is 7.89. The molecule has 1 saturated heterocycles. The second-order valence-electron chi connectivity index (χ2n) is 0.982. The zero-order valence-electron chi connectivity index (χ0n) is 2.61. The third-order valence-electron chi connectivity index (χ3n) is 0.275. The monoisotopic (exact) mass is 170 g/mol. The Hall–Kier alpha value is 1.53. The minimum Gasteiger partial charge on any atom is 0.187 e. The fraction of sp³-hybridized carbons (Fsp3) is 0. The summed E-state index contributed by atoms with van der Waals surface area (Å²) >= 11 is 0. The molecule has 0 bridgehead atoms. The summed E-state index contributed by atoms with van der Waals surface area (Å²) < 4.78 is 6.76. The molecule has 0 spiro atoms. The van der Waals surface area contributed by atoms with E-state index in [4.69, 9.17) is 14.7 Å². The van der Waals surface area contributed by atoms with E-state index in [1.54, 1.807) is 0 Å². The molecule has 3 N–H and O–H groups in total. The zero-order valence-corrected chi connectivity index (χ0v) is 3.50. The van der Waals surface area contributed by atoms with Gasteiger partial charge in [-0.2, -0.15) is 0 Å². The fourth-order valence-corrected chi connectivity index (χ4v) is 0.402. The van der Waals surface area contributed by atoms with Gasteiger partial charge < -0.3 is 0 Å². The fourth-order valence-electron chi connectivity index (χ4n) is 0.0447. The second-order valence-corrected chi connectivity index (χ2v) is 2.95. The molecule has 8 heavy (non-hydrogen) atoms. The molecule has 0 aromatic rings. The van der Waals surface area contributed by atoms with E-state index < -0.39 is 7.74 Å². The van der Waals surface area contributed by atoms with Crippen LogP contribution in [0.15, 0.2) is 0 Å². The molecule has 0 aromatic carbocycles. The Balaban J connectivity index is 0. The molecule has 48 valence electrons. The molecule has 1 aliphatic rings. The first kappa shape index (κ1) is 12.2. The molecule has 5 nitrogen and oxygen atoms in total. The van der Waals surface area contributed by atoms with Gasteiger partial charge in [-0.05, 0) is 0 Å². The van der Waals surface area contributed by atoms with Gasteiger partial charge in [0.25, 0.3) is 0 Å². The zero-order chi connectivity index (χ0) is 4.86. The van der Waals surface area contributed by atoms with Gasteiger partial charge in [-0.15, -0.1) is 0 Å². The normalized spacial score (nSPS) is 32.1. The Morgan fingerprint density at radius 1 is 1.00 bits per heavy atom. The van der Waals surface area contributed by atoms with Crippen LogP contribution >= 0.6 is 7.74 Å². The van der Waals surface area contributed by atoms with Gasteiger partial charge in [0, 0.05) is 0 Å². The number of rotatable bonds is 0. The van der Waals surface area contributed by atoms with Gasteiger partial charge >= 0.3 is 54.8 Å². The summed E-state index contributed by atoms with van der Waals surface area (Å²) in [7, 11) is -4.80. The van der Waals surface area contributed by atoms with Crippen LogP contribution in [0.4, 0.5) is 0 Å². The van der Waals surface area contributed by atoms with Crippen molar-refractivity contribution in [2.75, 3.05) is 0 Å². The van der Waals surface area contributed by atoms with Crippen LogP contribution in [0, 0.1) is 0 Å². The first-order chi connectivity index (χ1) is 2.47. The third kappa shape index (κ3) is 4.41. The third-order valence-corrected chi connectivity index (χ3v) is 0.824. The summed E-state index contributed by atoms with van der Waals surface area (Å²) in [6.07, 6.45) is 0. The largest absolute Gasteiger partial charge is 0.316 e. The standard InChI is InChI=1S/Al.Mg.H3O5P.5H/c;;1-6(2,3)4-5-6;;;;;/h;;1-3H;;;;;. The SMILES string of the molecule is OP1(O)(O)OO1.[AlH3].[MgH2]. The van der Waals surface area contributed by atoms with E-state index in [9.17, 15) is 0 Å². The van der Waals surface area contributed by atoms with Gasteiger partial charge in [0.1, 0.15) is 0 Å². The summed E-state index contributed by atoms with van der Waals surface area (Å²) in [6.45, 7) is 0. The number of hydrogen-bond acceptors (Lipinski definition) is 5. The second kappa shape index (κ2) is 2.64. The molecule has 0 radical (unpaired) electrons. The molecule has 1 heterocycles. The number of hydrogen-bond donors (Lipinski definition) is 3. The Kier molecular flexibility index (Phi) is 4.04. The average molecular weight is 170 g/mol. The van der Waals surface area contributed by atoms with Gasteiger partial charge in [0.15, 0.2) is 17.4 Å². The van der Waals surface area contributed by atoms with E-state index in [0.717, 1.165) is 0 Å². The van der Waals surface area contributed by atoms with Crippen LogP contribution in [0.2, 0.25) is 0 Å². The first-order valence-corrected chi connectivity index (χ1v) is 3.06. The predicted molar refractivity (Wildman–Crippen MR) is 34.2 cm³/mol. The molecule has 0 aliphatic carbocycles. The van der Waals surface area contributed by atoms with E-state index in [-0.39, 0.29) is 40.4 Å². The molecule has 1 aliphatic heterocycles. The van der Waals surface area contributed by atoms with Crippen molar-refractivity contribution in [1.29, 1.82) is 0 Å².